The van der Waals surface area contributed by atoms with Crippen LogP contribution in [-0.2, 0) is 6.42 Å². The molecule has 0 bridgehead atoms. The normalized spacial score (nSPS) is 16.4. The molecule has 9 heteroatoms. The minimum absolute atomic E-state index is 0.000423. The zero-order valence-corrected chi connectivity index (χ0v) is 22.6. The van der Waals surface area contributed by atoms with Crippen molar-refractivity contribution in [3.63, 3.8) is 0 Å². The second-order valence-electron chi connectivity index (χ2n) is 9.33. The van der Waals surface area contributed by atoms with Crippen LogP contribution in [0.25, 0.3) is 23.1 Å². The second kappa shape index (κ2) is 9.34. The van der Waals surface area contributed by atoms with Crippen LogP contribution in [0.15, 0.2) is 91.9 Å². The molecule has 5 aromatic rings. The van der Waals surface area contributed by atoms with Crippen LogP contribution in [0.4, 0.5) is 0 Å². The Morgan fingerprint density at radius 1 is 1.10 bits per heavy atom. The molecule has 1 aliphatic heterocycles. The van der Waals surface area contributed by atoms with Crippen LogP contribution in [0.1, 0.15) is 44.6 Å². The van der Waals surface area contributed by atoms with E-state index in [1.165, 1.54) is 34.6 Å². The van der Waals surface area contributed by atoms with Crippen molar-refractivity contribution in [1.82, 2.24) is 4.57 Å². The number of aryl methyl sites for hydroxylation is 1. The van der Waals surface area contributed by atoms with Crippen LogP contribution in [0.2, 0.25) is 5.02 Å². The Kier molecular flexibility index (Phi) is 5.77. The van der Waals surface area contributed by atoms with Crippen molar-refractivity contribution in [1.29, 1.82) is 0 Å². The van der Waals surface area contributed by atoms with Crippen LogP contribution in [-0.4, -0.2) is 15.6 Å². The van der Waals surface area contributed by atoms with Gasteiger partial charge in [0, 0.05) is 22.1 Å². The predicted molar refractivity (Wildman–Crippen MR) is 153 cm³/mol. The van der Waals surface area contributed by atoms with Crippen molar-refractivity contribution in [2.75, 3.05) is 0 Å². The highest BCUT2D eigenvalue weighted by Gasteiger charge is 2.33. The van der Waals surface area contributed by atoms with E-state index >= 15 is 0 Å². The Bertz CT molecular complexity index is 2000. The monoisotopic (exact) mass is 570 g/mol. The molecule has 0 saturated carbocycles. The fraction of sp³-hybridized carbons (Fsp3) is 0.100. The minimum Gasteiger partial charge on any atom is -0.478 e. The molecule has 0 amide bonds. The van der Waals surface area contributed by atoms with Gasteiger partial charge in [0.1, 0.15) is 11.5 Å². The van der Waals surface area contributed by atoms with E-state index in [9.17, 15) is 14.7 Å². The van der Waals surface area contributed by atoms with Gasteiger partial charge in [0.25, 0.3) is 5.56 Å². The molecule has 6 nitrogen and oxygen atoms in total. The van der Waals surface area contributed by atoms with Gasteiger partial charge < -0.3 is 9.52 Å². The molecule has 1 N–H and O–H groups in total. The molecule has 192 valence electrons. The molecule has 0 fully saturated rings. The van der Waals surface area contributed by atoms with Gasteiger partial charge in [-0.25, -0.2) is 9.79 Å². The topological polar surface area (TPSA) is 84.8 Å². The van der Waals surface area contributed by atoms with Crippen molar-refractivity contribution in [3.8, 4) is 11.3 Å². The van der Waals surface area contributed by atoms with Gasteiger partial charge in [-0.1, -0.05) is 53.3 Å². The van der Waals surface area contributed by atoms with Crippen LogP contribution >= 0.6 is 34.3 Å². The number of aromatic carboxylic acids is 1. The number of benzene rings is 2. The number of halogens is 1. The van der Waals surface area contributed by atoms with Crippen molar-refractivity contribution in [2.24, 2.45) is 4.99 Å². The van der Waals surface area contributed by atoms with Gasteiger partial charge in [-0.2, -0.15) is 0 Å². The third-order valence-electron chi connectivity index (χ3n) is 7.07. The molecule has 1 unspecified atom stereocenters. The van der Waals surface area contributed by atoms with E-state index in [4.69, 9.17) is 21.0 Å². The molecule has 7 rings (SSSR count). The Hall–Kier alpha value is -3.98. The van der Waals surface area contributed by atoms with Crippen molar-refractivity contribution in [3.05, 3.63) is 130 Å². The first-order chi connectivity index (χ1) is 19.0. The Balaban J connectivity index is 1.36. The number of carboxylic acids is 1. The van der Waals surface area contributed by atoms with Crippen molar-refractivity contribution in [2.45, 2.75) is 18.9 Å². The van der Waals surface area contributed by atoms with Crippen molar-refractivity contribution >= 4 is 52.0 Å². The number of carbonyl (C=O) groups is 1. The molecular weight excluding hydrogens is 552 g/mol. The average Bonchev–Trinajstić information content (AvgIpc) is 3.70. The maximum absolute atomic E-state index is 13.8. The number of allylic oxidation sites excluding steroid dienone is 1. The largest absolute Gasteiger partial charge is 0.478 e. The molecule has 39 heavy (non-hydrogen) atoms. The summed E-state index contributed by atoms with van der Waals surface area (Å²) in [5.74, 6) is -0.138. The molecule has 3 aromatic heterocycles. The van der Waals surface area contributed by atoms with Gasteiger partial charge in [-0.3, -0.25) is 9.36 Å². The second-order valence-corrected chi connectivity index (χ2v) is 11.7. The molecule has 1 aliphatic carbocycles. The van der Waals surface area contributed by atoms with Crippen LogP contribution < -0.4 is 14.9 Å². The lowest BCUT2D eigenvalue weighted by molar-refractivity contribution is 0.0697. The number of carboxylic acid groups (broad SMARTS) is 1. The number of nitrogens with zero attached hydrogens (tertiary/aromatic N) is 2. The minimum atomic E-state index is -1.11. The quantitative estimate of drug-likeness (QED) is 0.287. The summed E-state index contributed by atoms with van der Waals surface area (Å²) >= 11 is 9.01. The lowest BCUT2D eigenvalue weighted by Crippen LogP contribution is -2.38. The maximum atomic E-state index is 13.8. The Morgan fingerprint density at radius 3 is 2.79 bits per heavy atom. The lowest BCUT2D eigenvalue weighted by Gasteiger charge is -2.30. The number of fused-ring (bicyclic) bond motifs is 3. The van der Waals surface area contributed by atoms with Gasteiger partial charge in [0.15, 0.2) is 4.80 Å². The molecule has 2 aliphatic rings. The van der Waals surface area contributed by atoms with E-state index in [1.54, 1.807) is 35.6 Å². The van der Waals surface area contributed by atoms with Gasteiger partial charge in [0.05, 0.1) is 26.9 Å². The van der Waals surface area contributed by atoms with E-state index < -0.39 is 5.97 Å². The smallest absolute Gasteiger partial charge is 0.337 e. The summed E-state index contributed by atoms with van der Waals surface area (Å²) in [7, 11) is 0. The average molecular weight is 571 g/mol. The fourth-order valence-corrected chi connectivity index (χ4v) is 7.30. The molecule has 1 atom stereocenters. The lowest BCUT2D eigenvalue weighted by atomic mass is 9.85. The third kappa shape index (κ3) is 4.03. The van der Waals surface area contributed by atoms with Crippen LogP contribution in [0.3, 0.4) is 0 Å². The maximum Gasteiger partial charge on any atom is 0.337 e. The molecule has 0 radical (unpaired) electrons. The zero-order chi connectivity index (χ0) is 26.7. The first-order valence-electron chi connectivity index (χ1n) is 12.3. The summed E-state index contributed by atoms with van der Waals surface area (Å²) in [5, 5.41) is 11.6. The highest BCUT2D eigenvalue weighted by molar-refractivity contribution is 7.10. The van der Waals surface area contributed by atoms with Gasteiger partial charge in [0.2, 0.25) is 0 Å². The number of hydrogen-bond acceptors (Lipinski definition) is 6. The number of aromatic nitrogens is 1. The summed E-state index contributed by atoms with van der Waals surface area (Å²) in [4.78, 5) is 32.1. The molecular formula is C30H19ClN2O4S2. The van der Waals surface area contributed by atoms with Crippen molar-refractivity contribution < 1.29 is 14.3 Å². The Labute approximate surface area is 235 Å². The third-order valence-corrected chi connectivity index (χ3v) is 9.30. The summed E-state index contributed by atoms with van der Waals surface area (Å²) < 4.78 is 8.34. The highest BCUT2D eigenvalue weighted by atomic mass is 35.5. The van der Waals surface area contributed by atoms with Gasteiger partial charge in [-0.05, 0) is 65.8 Å². The molecule has 2 aromatic carbocycles. The first-order valence-corrected chi connectivity index (χ1v) is 14.3. The molecule has 0 spiro atoms. The number of thiophene rings is 1. The molecule has 4 heterocycles. The van der Waals surface area contributed by atoms with E-state index in [-0.39, 0.29) is 22.2 Å². The first kappa shape index (κ1) is 24.1. The summed E-state index contributed by atoms with van der Waals surface area (Å²) in [6.45, 7) is 0. The molecule has 0 saturated heterocycles. The number of thiazole rings is 1. The highest BCUT2D eigenvalue weighted by Crippen LogP contribution is 2.42. The summed E-state index contributed by atoms with van der Waals surface area (Å²) in [6.07, 6.45) is 3.49. The van der Waals surface area contributed by atoms with E-state index in [1.807, 2.05) is 22.1 Å². The zero-order valence-electron chi connectivity index (χ0n) is 20.3. The van der Waals surface area contributed by atoms with Gasteiger partial charge >= 0.3 is 5.97 Å². The van der Waals surface area contributed by atoms with Crippen LogP contribution in [0.5, 0.6) is 0 Å². The standard InChI is InChI=1S/C30H19ClN2O4S2/c31-22-11-8-17(14-21(22)29(35)36)23-12-9-18(37-23)15-25-28(34)33-27(24-6-3-13-38-24)20-10-7-16-4-1-2-5-19(16)26(20)32-30(33)39-25/h1-6,8-9,11-15,27H,7,10H2,(H,35,36). The predicted octanol–water partition coefficient (Wildman–Crippen LogP) is 5.99. The Morgan fingerprint density at radius 2 is 1.97 bits per heavy atom. The van der Waals surface area contributed by atoms with E-state index in [0.717, 1.165) is 29.0 Å². The fourth-order valence-electron chi connectivity index (χ4n) is 5.28. The number of rotatable bonds is 4. The van der Waals surface area contributed by atoms with E-state index in [2.05, 4.69) is 24.3 Å². The van der Waals surface area contributed by atoms with Gasteiger partial charge in [-0.15, -0.1) is 11.3 Å². The number of furan rings is 1. The summed E-state index contributed by atoms with van der Waals surface area (Å²) in [5.41, 5.74) is 5.03. The SMILES string of the molecule is O=C(O)c1cc(-c2ccc(C=c3sc4n(c3=O)C(c3cccs3)C3=C(N=4)c4ccccc4CC3)o2)ccc1Cl. The van der Waals surface area contributed by atoms with Crippen LogP contribution in [0, 0.1) is 0 Å². The summed E-state index contributed by atoms with van der Waals surface area (Å²) in [6, 6.07) is 20.5. The van der Waals surface area contributed by atoms with E-state index in [0.29, 0.717) is 26.4 Å². The number of hydrogen-bond donors (Lipinski definition) is 1.